The van der Waals surface area contributed by atoms with E-state index in [0.717, 1.165) is 66.6 Å². The molecule has 5 heteroatoms. The van der Waals surface area contributed by atoms with E-state index in [0.29, 0.717) is 0 Å². The zero-order chi connectivity index (χ0) is 17.7. The van der Waals surface area contributed by atoms with E-state index in [1.807, 2.05) is 24.3 Å². The average molecular weight is 352 g/mol. The number of hydrogen-bond donors (Lipinski definition) is 0. The summed E-state index contributed by atoms with van der Waals surface area (Å²) in [6, 6.07) is 10.2. The van der Waals surface area contributed by atoms with Gasteiger partial charge < -0.3 is 13.9 Å². The van der Waals surface area contributed by atoms with Gasteiger partial charge in [-0.1, -0.05) is 19.1 Å². The number of nitrogens with zero attached hydrogens (tertiary/aromatic N) is 2. The number of para-hydroxylation sites is 1. The first-order valence-corrected chi connectivity index (χ1v) is 9.47. The van der Waals surface area contributed by atoms with Gasteiger partial charge in [-0.2, -0.15) is 5.10 Å². The van der Waals surface area contributed by atoms with Crippen LogP contribution < -0.4 is 9.47 Å². The van der Waals surface area contributed by atoms with Crippen molar-refractivity contribution in [1.29, 1.82) is 0 Å². The molecule has 0 radical (unpaired) electrons. The van der Waals surface area contributed by atoms with Crippen molar-refractivity contribution in [3.05, 3.63) is 47.9 Å². The molecule has 1 unspecified atom stereocenters. The molecule has 0 amide bonds. The second kappa shape index (κ2) is 5.79. The van der Waals surface area contributed by atoms with E-state index >= 15 is 0 Å². The zero-order valence-corrected chi connectivity index (χ0v) is 15.3. The Morgan fingerprint density at radius 3 is 2.77 bits per heavy atom. The first-order chi connectivity index (χ1) is 12.7. The molecule has 1 fully saturated rings. The van der Waals surface area contributed by atoms with E-state index in [1.54, 1.807) is 13.4 Å². The summed E-state index contributed by atoms with van der Waals surface area (Å²) in [6.45, 7) is 2.32. The van der Waals surface area contributed by atoms with Crippen molar-refractivity contribution < 1.29 is 13.9 Å². The molecule has 1 aromatic carbocycles. The van der Waals surface area contributed by atoms with E-state index < -0.39 is 0 Å². The van der Waals surface area contributed by atoms with E-state index in [4.69, 9.17) is 19.0 Å². The molecule has 2 aliphatic heterocycles. The van der Waals surface area contributed by atoms with Crippen LogP contribution in [0.2, 0.25) is 0 Å². The Hall–Kier alpha value is -2.43. The zero-order valence-electron chi connectivity index (χ0n) is 15.3. The SMILES string of the molecule is COc1cccc2c1OC1(CCC(C)CC1)N1N=C(c3ccco3)CC21. The summed E-state index contributed by atoms with van der Waals surface area (Å²) in [7, 11) is 1.71. The van der Waals surface area contributed by atoms with Crippen LogP contribution in [-0.2, 0) is 0 Å². The lowest BCUT2D eigenvalue weighted by Gasteiger charge is -2.50. The second-order valence-electron chi connectivity index (χ2n) is 7.70. The molecule has 1 aromatic heterocycles. The van der Waals surface area contributed by atoms with Crippen LogP contribution in [-0.4, -0.2) is 23.6 Å². The Labute approximate surface area is 153 Å². The standard InChI is InChI=1S/C21H24N2O3/c1-14-8-10-21(11-9-14)23-17(13-16(22-23)18-7-4-12-25-18)15-5-3-6-19(24-2)20(15)26-21/h3-7,12,14,17H,8-11,13H2,1-2H3. The first-order valence-electron chi connectivity index (χ1n) is 9.47. The summed E-state index contributed by atoms with van der Waals surface area (Å²) in [4.78, 5) is 0. The van der Waals surface area contributed by atoms with Crippen LogP contribution in [0.3, 0.4) is 0 Å². The van der Waals surface area contributed by atoms with Gasteiger partial charge in [0.15, 0.2) is 17.2 Å². The predicted molar refractivity (Wildman–Crippen MR) is 98.4 cm³/mol. The molecule has 5 rings (SSSR count). The lowest BCUT2D eigenvalue weighted by molar-refractivity contribution is -0.146. The van der Waals surface area contributed by atoms with Gasteiger partial charge in [0, 0.05) is 24.8 Å². The quantitative estimate of drug-likeness (QED) is 0.783. The molecule has 3 aliphatic rings. The molecule has 0 saturated heterocycles. The van der Waals surface area contributed by atoms with Crippen molar-refractivity contribution in [3.8, 4) is 11.5 Å². The highest BCUT2D eigenvalue weighted by Gasteiger charge is 2.52. The fraction of sp³-hybridized carbons (Fsp3) is 0.476. The number of furan rings is 1. The van der Waals surface area contributed by atoms with E-state index in [2.05, 4.69) is 18.0 Å². The molecule has 0 N–H and O–H groups in total. The number of hydrazone groups is 1. The highest BCUT2D eigenvalue weighted by molar-refractivity contribution is 5.99. The topological polar surface area (TPSA) is 47.2 Å². The Balaban J connectivity index is 1.62. The lowest BCUT2D eigenvalue weighted by atomic mass is 9.82. The monoisotopic (exact) mass is 352 g/mol. The van der Waals surface area contributed by atoms with Crippen LogP contribution in [0.4, 0.5) is 0 Å². The molecule has 1 spiro atoms. The third-order valence-electron chi connectivity index (χ3n) is 6.07. The molecule has 26 heavy (non-hydrogen) atoms. The highest BCUT2D eigenvalue weighted by Crippen LogP contribution is 2.54. The summed E-state index contributed by atoms with van der Waals surface area (Å²) in [5, 5.41) is 7.22. The highest BCUT2D eigenvalue weighted by atomic mass is 16.5. The summed E-state index contributed by atoms with van der Waals surface area (Å²) in [5.74, 6) is 3.29. The molecule has 0 bridgehead atoms. The molecular formula is C21H24N2O3. The van der Waals surface area contributed by atoms with Gasteiger partial charge in [-0.3, -0.25) is 0 Å². The molecule has 1 aliphatic carbocycles. The lowest BCUT2D eigenvalue weighted by Crippen LogP contribution is -2.55. The van der Waals surface area contributed by atoms with Gasteiger partial charge in [-0.15, -0.1) is 0 Å². The number of rotatable bonds is 2. The van der Waals surface area contributed by atoms with Crippen LogP contribution in [0.1, 0.15) is 56.4 Å². The molecule has 1 atom stereocenters. The smallest absolute Gasteiger partial charge is 0.198 e. The van der Waals surface area contributed by atoms with Gasteiger partial charge in [-0.05, 0) is 37.0 Å². The maximum absolute atomic E-state index is 6.67. The molecular weight excluding hydrogens is 328 g/mol. The van der Waals surface area contributed by atoms with E-state index in [-0.39, 0.29) is 11.8 Å². The van der Waals surface area contributed by atoms with Gasteiger partial charge in [0.1, 0.15) is 11.5 Å². The van der Waals surface area contributed by atoms with Crippen molar-refractivity contribution in [3.63, 3.8) is 0 Å². The minimum absolute atomic E-state index is 0.169. The van der Waals surface area contributed by atoms with Gasteiger partial charge in [0.25, 0.3) is 0 Å². The molecule has 136 valence electrons. The minimum atomic E-state index is -0.382. The maximum Gasteiger partial charge on any atom is 0.198 e. The number of methoxy groups -OCH3 is 1. The van der Waals surface area contributed by atoms with Crippen LogP contribution in [0.25, 0.3) is 0 Å². The Bertz CT molecular complexity index is 835. The predicted octanol–water partition coefficient (Wildman–Crippen LogP) is 4.74. The molecule has 2 aromatic rings. The second-order valence-corrected chi connectivity index (χ2v) is 7.70. The summed E-state index contributed by atoms with van der Waals surface area (Å²) >= 11 is 0. The molecule has 5 nitrogen and oxygen atoms in total. The summed E-state index contributed by atoms with van der Waals surface area (Å²) in [5.41, 5.74) is 1.77. The average Bonchev–Trinajstić information content (AvgIpc) is 3.34. The first kappa shape index (κ1) is 15.8. The summed E-state index contributed by atoms with van der Waals surface area (Å²) in [6.07, 6.45) is 6.81. The largest absolute Gasteiger partial charge is 0.493 e. The van der Waals surface area contributed by atoms with Crippen molar-refractivity contribution in [2.75, 3.05) is 7.11 Å². The Morgan fingerprint density at radius 1 is 1.19 bits per heavy atom. The number of benzene rings is 1. The van der Waals surface area contributed by atoms with E-state index in [1.165, 1.54) is 0 Å². The van der Waals surface area contributed by atoms with Crippen molar-refractivity contribution in [2.24, 2.45) is 11.0 Å². The number of ether oxygens (including phenoxy) is 2. The van der Waals surface area contributed by atoms with Crippen molar-refractivity contribution in [1.82, 2.24) is 5.01 Å². The van der Waals surface area contributed by atoms with Crippen molar-refractivity contribution in [2.45, 2.75) is 50.8 Å². The Kier molecular flexibility index (Phi) is 3.52. The Morgan fingerprint density at radius 2 is 2.04 bits per heavy atom. The summed E-state index contributed by atoms with van der Waals surface area (Å²) < 4.78 is 17.9. The van der Waals surface area contributed by atoms with Crippen molar-refractivity contribution >= 4 is 5.71 Å². The van der Waals surface area contributed by atoms with Crippen LogP contribution in [0, 0.1) is 5.92 Å². The third kappa shape index (κ3) is 2.26. The van der Waals surface area contributed by atoms with Gasteiger partial charge >= 0.3 is 0 Å². The van der Waals surface area contributed by atoms with Gasteiger partial charge in [0.2, 0.25) is 0 Å². The van der Waals surface area contributed by atoms with Crippen LogP contribution in [0.5, 0.6) is 11.5 Å². The third-order valence-corrected chi connectivity index (χ3v) is 6.07. The van der Waals surface area contributed by atoms with Crippen LogP contribution in [0.15, 0.2) is 46.1 Å². The van der Waals surface area contributed by atoms with E-state index in [9.17, 15) is 0 Å². The molecule has 1 saturated carbocycles. The van der Waals surface area contributed by atoms with Crippen LogP contribution >= 0.6 is 0 Å². The normalized spacial score (nSPS) is 29.8. The van der Waals surface area contributed by atoms with Gasteiger partial charge in [-0.25, -0.2) is 5.01 Å². The molecule has 3 heterocycles. The number of fused-ring (bicyclic) bond motifs is 4. The van der Waals surface area contributed by atoms with Gasteiger partial charge in [0.05, 0.1) is 19.4 Å². The fourth-order valence-electron chi connectivity index (χ4n) is 4.57. The minimum Gasteiger partial charge on any atom is -0.493 e. The maximum atomic E-state index is 6.67. The fourth-order valence-corrected chi connectivity index (χ4v) is 4.57. The number of hydrogen-bond acceptors (Lipinski definition) is 5.